The summed E-state index contributed by atoms with van der Waals surface area (Å²) in [5.41, 5.74) is 1.91. The molecule has 26 heavy (non-hydrogen) atoms. The molecule has 6 heteroatoms. The van der Waals surface area contributed by atoms with E-state index in [-0.39, 0.29) is 5.91 Å². The molecule has 0 unspecified atom stereocenters. The molecule has 138 valence electrons. The average Bonchev–Trinajstić information content (AvgIpc) is 3.21. The fourth-order valence-corrected chi connectivity index (χ4v) is 4.87. The van der Waals surface area contributed by atoms with Gasteiger partial charge in [-0.3, -0.25) is 14.4 Å². The molecule has 0 radical (unpaired) electrons. The number of amides is 1. The van der Waals surface area contributed by atoms with Crippen LogP contribution >= 0.6 is 11.8 Å². The van der Waals surface area contributed by atoms with E-state index in [1.54, 1.807) is 6.20 Å². The zero-order valence-electron chi connectivity index (χ0n) is 15.1. The van der Waals surface area contributed by atoms with E-state index in [4.69, 9.17) is 0 Å². The van der Waals surface area contributed by atoms with Crippen LogP contribution in [-0.4, -0.2) is 69.2 Å². The Kier molecular flexibility index (Phi) is 5.60. The Morgan fingerprint density at radius 3 is 2.65 bits per heavy atom. The number of carbonyl (C=O) groups excluding carboxylic acids is 1. The fraction of sp³-hybridized carbons (Fsp3) is 0.500. The van der Waals surface area contributed by atoms with Crippen LogP contribution in [0.5, 0.6) is 0 Å². The molecule has 3 heterocycles. The van der Waals surface area contributed by atoms with Crippen molar-refractivity contribution in [3.63, 3.8) is 0 Å². The number of piperidine rings is 1. The predicted molar refractivity (Wildman–Crippen MR) is 106 cm³/mol. The van der Waals surface area contributed by atoms with Gasteiger partial charge in [-0.05, 0) is 36.6 Å². The summed E-state index contributed by atoms with van der Waals surface area (Å²) < 4.78 is 1.88. The van der Waals surface area contributed by atoms with Crippen molar-refractivity contribution in [1.29, 1.82) is 0 Å². The molecule has 5 nitrogen and oxygen atoms in total. The molecule has 2 aromatic rings. The molecule has 2 aliphatic rings. The third-order valence-electron chi connectivity index (χ3n) is 5.39. The number of hydrogen-bond acceptors (Lipinski definition) is 4. The first-order valence-electron chi connectivity index (χ1n) is 9.47. The van der Waals surface area contributed by atoms with Gasteiger partial charge in [0, 0.05) is 61.7 Å². The summed E-state index contributed by atoms with van der Waals surface area (Å²) in [6.07, 6.45) is 5.92. The van der Waals surface area contributed by atoms with Gasteiger partial charge >= 0.3 is 0 Å². The van der Waals surface area contributed by atoms with Crippen molar-refractivity contribution in [2.45, 2.75) is 25.4 Å². The highest BCUT2D eigenvalue weighted by Crippen LogP contribution is 2.22. The maximum atomic E-state index is 12.9. The van der Waals surface area contributed by atoms with Gasteiger partial charge in [0.1, 0.15) is 0 Å². The first-order valence-corrected chi connectivity index (χ1v) is 10.6. The Bertz CT molecular complexity index is 719. The number of likely N-dealkylation sites (tertiary alicyclic amines) is 1. The van der Waals surface area contributed by atoms with E-state index in [1.807, 2.05) is 40.0 Å². The van der Waals surface area contributed by atoms with Crippen LogP contribution in [0, 0.1) is 0 Å². The van der Waals surface area contributed by atoms with E-state index in [0.29, 0.717) is 12.6 Å². The van der Waals surface area contributed by atoms with Crippen molar-refractivity contribution in [2.75, 3.05) is 37.7 Å². The molecule has 1 aromatic heterocycles. The largest absolute Gasteiger partial charge is 0.339 e. The van der Waals surface area contributed by atoms with E-state index in [9.17, 15) is 4.79 Å². The van der Waals surface area contributed by atoms with Crippen molar-refractivity contribution in [3.8, 4) is 0 Å². The maximum absolute atomic E-state index is 12.9. The Labute approximate surface area is 159 Å². The number of aromatic nitrogens is 2. The van der Waals surface area contributed by atoms with Gasteiger partial charge in [0.05, 0.1) is 6.54 Å². The fourth-order valence-electron chi connectivity index (χ4n) is 3.94. The molecule has 1 amide bonds. The van der Waals surface area contributed by atoms with Crippen molar-refractivity contribution in [3.05, 3.63) is 53.9 Å². The summed E-state index contributed by atoms with van der Waals surface area (Å²) in [6.45, 7) is 4.85. The Balaban J connectivity index is 1.36. The highest BCUT2D eigenvalue weighted by molar-refractivity contribution is 7.99. The third kappa shape index (κ3) is 4.13. The lowest BCUT2D eigenvalue weighted by Gasteiger charge is -2.40. The number of thioether (sulfide) groups is 1. The lowest BCUT2D eigenvalue weighted by molar-refractivity contribution is 0.0631. The molecule has 0 bridgehead atoms. The number of hydrogen-bond donors (Lipinski definition) is 0. The Morgan fingerprint density at radius 2 is 1.92 bits per heavy atom. The molecule has 0 N–H and O–H groups in total. The first-order chi connectivity index (χ1) is 12.8. The minimum absolute atomic E-state index is 0.167. The van der Waals surface area contributed by atoms with Gasteiger partial charge in [-0.1, -0.05) is 12.1 Å². The molecule has 1 aromatic carbocycles. The summed E-state index contributed by atoms with van der Waals surface area (Å²) in [5, 5.41) is 4.24. The maximum Gasteiger partial charge on any atom is 0.253 e. The second kappa shape index (κ2) is 8.27. The Morgan fingerprint density at radius 1 is 1.12 bits per heavy atom. The van der Waals surface area contributed by atoms with Crippen LogP contribution in [0.4, 0.5) is 0 Å². The summed E-state index contributed by atoms with van der Waals surface area (Å²) >= 11 is 2.06. The predicted octanol–water partition coefficient (Wildman–Crippen LogP) is 2.58. The summed E-state index contributed by atoms with van der Waals surface area (Å²) in [4.78, 5) is 17.6. The van der Waals surface area contributed by atoms with Crippen molar-refractivity contribution < 1.29 is 4.79 Å². The van der Waals surface area contributed by atoms with E-state index in [0.717, 1.165) is 37.1 Å². The van der Waals surface area contributed by atoms with Crippen molar-refractivity contribution >= 4 is 17.7 Å². The highest BCUT2D eigenvalue weighted by Gasteiger charge is 2.28. The summed E-state index contributed by atoms with van der Waals surface area (Å²) in [7, 11) is 0. The highest BCUT2D eigenvalue weighted by atomic mass is 32.2. The zero-order chi connectivity index (χ0) is 17.8. The topological polar surface area (TPSA) is 41.4 Å². The number of nitrogens with zero attached hydrogens (tertiary/aromatic N) is 4. The molecule has 0 saturated carbocycles. The van der Waals surface area contributed by atoms with E-state index >= 15 is 0 Å². The molecule has 2 saturated heterocycles. The molecular weight excluding hydrogens is 344 g/mol. The monoisotopic (exact) mass is 370 g/mol. The van der Waals surface area contributed by atoms with Gasteiger partial charge in [-0.15, -0.1) is 0 Å². The van der Waals surface area contributed by atoms with E-state index < -0.39 is 0 Å². The quantitative estimate of drug-likeness (QED) is 0.830. The molecular formula is C20H26N4OS. The van der Waals surface area contributed by atoms with Crippen LogP contribution in [0.3, 0.4) is 0 Å². The lowest BCUT2D eigenvalue weighted by atomic mass is 10.0. The van der Waals surface area contributed by atoms with Crippen LogP contribution in [-0.2, 0) is 6.54 Å². The number of rotatable bonds is 4. The van der Waals surface area contributed by atoms with Crippen LogP contribution in [0.1, 0.15) is 28.8 Å². The van der Waals surface area contributed by atoms with E-state index in [1.165, 1.54) is 24.6 Å². The van der Waals surface area contributed by atoms with Crippen LogP contribution in [0.2, 0.25) is 0 Å². The minimum atomic E-state index is 0.167. The number of carbonyl (C=O) groups is 1. The second-order valence-electron chi connectivity index (χ2n) is 7.08. The van der Waals surface area contributed by atoms with Gasteiger partial charge < -0.3 is 4.90 Å². The molecule has 4 rings (SSSR count). The van der Waals surface area contributed by atoms with Gasteiger partial charge in [0.15, 0.2) is 0 Å². The lowest BCUT2D eigenvalue weighted by Crippen LogP contribution is -2.49. The molecule has 2 aliphatic heterocycles. The first kappa shape index (κ1) is 17.6. The van der Waals surface area contributed by atoms with Crippen LogP contribution < -0.4 is 0 Å². The standard InChI is InChI=1S/C20H26N4OS/c25-20(18-4-1-3-17(15-18)16-24-8-2-7-21-24)23-9-5-19(6-10-23)22-11-13-26-14-12-22/h1-4,7-8,15,19H,5-6,9-14,16H2. The van der Waals surface area contributed by atoms with Crippen LogP contribution in [0.25, 0.3) is 0 Å². The molecule has 0 aliphatic carbocycles. The second-order valence-corrected chi connectivity index (χ2v) is 8.30. The smallest absolute Gasteiger partial charge is 0.253 e. The summed E-state index contributed by atoms with van der Waals surface area (Å²) in [5.74, 6) is 2.67. The summed E-state index contributed by atoms with van der Waals surface area (Å²) in [6, 6.07) is 10.6. The molecule has 2 fully saturated rings. The third-order valence-corrected chi connectivity index (χ3v) is 6.33. The van der Waals surface area contributed by atoms with Gasteiger partial charge in [-0.25, -0.2) is 0 Å². The van der Waals surface area contributed by atoms with Crippen LogP contribution in [0.15, 0.2) is 42.7 Å². The number of benzene rings is 1. The van der Waals surface area contributed by atoms with E-state index in [2.05, 4.69) is 27.8 Å². The normalized spacial score (nSPS) is 19.6. The van der Waals surface area contributed by atoms with Gasteiger partial charge in [0.25, 0.3) is 5.91 Å². The Hall–Kier alpha value is -1.79. The molecule has 0 atom stereocenters. The minimum Gasteiger partial charge on any atom is -0.339 e. The average molecular weight is 371 g/mol. The zero-order valence-corrected chi connectivity index (χ0v) is 15.9. The van der Waals surface area contributed by atoms with Gasteiger partial charge in [-0.2, -0.15) is 16.9 Å². The van der Waals surface area contributed by atoms with Crippen molar-refractivity contribution in [1.82, 2.24) is 19.6 Å². The van der Waals surface area contributed by atoms with Crippen molar-refractivity contribution in [2.24, 2.45) is 0 Å². The molecule has 0 spiro atoms. The SMILES string of the molecule is O=C(c1cccc(Cn2cccn2)c1)N1CCC(N2CCSCC2)CC1. The van der Waals surface area contributed by atoms with Gasteiger partial charge in [0.2, 0.25) is 0 Å².